The Morgan fingerprint density at radius 2 is 2.21 bits per heavy atom. The number of para-hydroxylation sites is 1. The van der Waals surface area contributed by atoms with Crippen molar-refractivity contribution >= 4 is 17.3 Å². The van der Waals surface area contributed by atoms with Crippen LogP contribution >= 0.6 is 11.6 Å². The summed E-state index contributed by atoms with van der Waals surface area (Å²) in [4.78, 5) is 2.26. The number of halogens is 1. The molecule has 1 aromatic carbocycles. The number of nitrogens with two attached hydrogens (primary N) is 1. The largest absolute Gasteiger partial charge is 0.361 e. The van der Waals surface area contributed by atoms with E-state index in [9.17, 15) is 0 Å². The Bertz CT molecular complexity index is 580. The molecule has 1 aliphatic rings. The predicted molar refractivity (Wildman–Crippen MR) is 75.3 cm³/mol. The fourth-order valence-electron chi connectivity index (χ4n) is 2.53. The van der Waals surface area contributed by atoms with E-state index in [-0.39, 0.29) is 0 Å². The second-order valence-electron chi connectivity index (χ2n) is 4.65. The summed E-state index contributed by atoms with van der Waals surface area (Å²) in [5.41, 5.74) is 7.97. The second kappa shape index (κ2) is 5.19. The monoisotopic (exact) mass is 277 g/mol. The van der Waals surface area contributed by atoms with Gasteiger partial charge in [0.25, 0.3) is 0 Å². The van der Waals surface area contributed by atoms with Crippen LogP contribution in [0.1, 0.15) is 11.4 Å². The highest BCUT2D eigenvalue weighted by Crippen LogP contribution is 2.32. The first-order chi connectivity index (χ1) is 9.29. The summed E-state index contributed by atoms with van der Waals surface area (Å²) in [6, 6.07) is 5.99. The molecule has 3 rings (SSSR count). The summed E-state index contributed by atoms with van der Waals surface area (Å²) in [5.74, 6) is 0.977. The Hall–Kier alpha value is -1.59. The molecule has 0 amide bonds. The summed E-state index contributed by atoms with van der Waals surface area (Å²) in [5, 5.41) is 8.86. The van der Waals surface area contributed by atoms with E-state index in [1.807, 2.05) is 12.1 Å². The van der Waals surface area contributed by atoms with Gasteiger partial charge in [-0.25, -0.2) is 0 Å². The Kier molecular flexibility index (Phi) is 3.40. The van der Waals surface area contributed by atoms with E-state index in [1.165, 1.54) is 5.56 Å². The van der Waals surface area contributed by atoms with Gasteiger partial charge in [-0.15, -0.1) is 10.2 Å². The fourth-order valence-corrected chi connectivity index (χ4v) is 2.84. The molecule has 0 bridgehead atoms. The third-order valence-electron chi connectivity index (χ3n) is 3.44. The molecule has 1 aromatic heterocycles. The van der Waals surface area contributed by atoms with Crippen molar-refractivity contribution in [2.45, 2.75) is 19.5 Å². The molecule has 0 saturated carbocycles. The molecule has 0 saturated heterocycles. The van der Waals surface area contributed by atoms with Crippen molar-refractivity contribution in [3.05, 3.63) is 40.9 Å². The molecule has 0 unspecified atom stereocenters. The lowest BCUT2D eigenvalue weighted by Gasteiger charge is -2.31. The van der Waals surface area contributed by atoms with Crippen LogP contribution in [0.3, 0.4) is 0 Å². The Labute approximate surface area is 117 Å². The summed E-state index contributed by atoms with van der Waals surface area (Å²) < 4.78 is 2.08. The van der Waals surface area contributed by atoms with Crippen LogP contribution in [-0.4, -0.2) is 27.9 Å². The number of rotatable bonds is 3. The Morgan fingerprint density at radius 3 is 3.05 bits per heavy atom. The van der Waals surface area contributed by atoms with E-state index >= 15 is 0 Å². The molecule has 1 aliphatic heterocycles. The molecule has 19 heavy (non-hydrogen) atoms. The van der Waals surface area contributed by atoms with Crippen molar-refractivity contribution in [3.63, 3.8) is 0 Å². The van der Waals surface area contributed by atoms with Gasteiger partial charge in [-0.3, -0.25) is 0 Å². The normalized spacial score (nSPS) is 14.5. The number of nitrogens with zero attached hydrogens (tertiary/aromatic N) is 4. The average Bonchev–Trinajstić information content (AvgIpc) is 2.86. The zero-order valence-corrected chi connectivity index (χ0v) is 11.3. The maximum atomic E-state index is 6.37. The van der Waals surface area contributed by atoms with Gasteiger partial charge in [0.15, 0.2) is 5.82 Å². The van der Waals surface area contributed by atoms with Crippen molar-refractivity contribution in [2.24, 2.45) is 5.73 Å². The highest BCUT2D eigenvalue weighted by molar-refractivity contribution is 6.33. The van der Waals surface area contributed by atoms with Crippen molar-refractivity contribution in [1.29, 1.82) is 0 Å². The fraction of sp³-hybridized carbons (Fsp3) is 0.385. The summed E-state index contributed by atoms with van der Waals surface area (Å²) in [6.45, 7) is 3.15. The summed E-state index contributed by atoms with van der Waals surface area (Å²) in [7, 11) is 0. The molecular formula is C13H16ClN5. The average molecular weight is 278 g/mol. The van der Waals surface area contributed by atoms with Gasteiger partial charge in [-0.1, -0.05) is 23.7 Å². The van der Waals surface area contributed by atoms with Gasteiger partial charge in [0, 0.05) is 13.1 Å². The number of hydrogen-bond donors (Lipinski definition) is 1. The quantitative estimate of drug-likeness (QED) is 0.923. The SMILES string of the molecule is NCCc1cccc(Cl)c1N1CCn2cnnc2C1. The molecule has 100 valence electrons. The third-order valence-corrected chi connectivity index (χ3v) is 3.74. The van der Waals surface area contributed by atoms with Crippen LogP contribution < -0.4 is 10.6 Å². The second-order valence-corrected chi connectivity index (χ2v) is 5.06. The molecule has 0 fully saturated rings. The highest BCUT2D eigenvalue weighted by Gasteiger charge is 2.21. The van der Waals surface area contributed by atoms with Gasteiger partial charge < -0.3 is 15.2 Å². The van der Waals surface area contributed by atoms with E-state index in [0.29, 0.717) is 6.54 Å². The molecule has 2 aromatic rings. The minimum atomic E-state index is 0.622. The van der Waals surface area contributed by atoms with Gasteiger partial charge in [-0.2, -0.15) is 0 Å². The van der Waals surface area contributed by atoms with E-state index < -0.39 is 0 Å². The van der Waals surface area contributed by atoms with Crippen molar-refractivity contribution in [2.75, 3.05) is 18.0 Å². The minimum Gasteiger partial charge on any atom is -0.361 e. The van der Waals surface area contributed by atoms with E-state index in [0.717, 1.165) is 42.6 Å². The molecule has 0 aliphatic carbocycles. The summed E-state index contributed by atoms with van der Waals surface area (Å²) in [6.07, 6.45) is 2.61. The van der Waals surface area contributed by atoms with Crippen LogP contribution in [0.5, 0.6) is 0 Å². The number of anilines is 1. The zero-order valence-electron chi connectivity index (χ0n) is 10.6. The Balaban J connectivity index is 1.95. The summed E-state index contributed by atoms with van der Waals surface area (Å²) >= 11 is 6.37. The van der Waals surface area contributed by atoms with E-state index in [2.05, 4.69) is 25.7 Å². The van der Waals surface area contributed by atoms with Crippen molar-refractivity contribution < 1.29 is 0 Å². The molecule has 2 heterocycles. The molecule has 0 atom stereocenters. The molecular weight excluding hydrogens is 262 g/mol. The van der Waals surface area contributed by atoms with E-state index in [1.54, 1.807) is 6.33 Å². The number of hydrogen-bond acceptors (Lipinski definition) is 4. The molecule has 5 nitrogen and oxygen atoms in total. The number of fused-ring (bicyclic) bond motifs is 1. The maximum Gasteiger partial charge on any atom is 0.152 e. The van der Waals surface area contributed by atoms with Crippen LogP contribution in [0.25, 0.3) is 0 Å². The predicted octanol–water partition coefficient (Wildman–Crippen LogP) is 1.45. The van der Waals surface area contributed by atoms with Crippen LogP contribution in [0.4, 0.5) is 5.69 Å². The van der Waals surface area contributed by atoms with Gasteiger partial charge >= 0.3 is 0 Å². The molecule has 2 N–H and O–H groups in total. The first-order valence-electron chi connectivity index (χ1n) is 6.38. The Morgan fingerprint density at radius 1 is 1.32 bits per heavy atom. The van der Waals surface area contributed by atoms with Crippen molar-refractivity contribution in [3.8, 4) is 0 Å². The smallest absolute Gasteiger partial charge is 0.152 e. The van der Waals surface area contributed by atoms with Gasteiger partial charge in [0.05, 0.1) is 17.3 Å². The first kappa shape index (κ1) is 12.4. The van der Waals surface area contributed by atoms with Gasteiger partial charge in [0.1, 0.15) is 6.33 Å². The van der Waals surface area contributed by atoms with Crippen LogP contribution in [0, 0.1) is 0 Å². The lowest BCUT2D eigenvalue weighted by Crippen LogP contribution is -2.34. The van der Waals surface area contributed by atoms with Crippen LogP contribution in [0.2, 0.25) is 5.02 Å². The van der Waals surface area contributed by atoms with Gasteiger partial charge in [0.2, 0.25) is 0 Å². The van der Waals surface area contributed by atoms with Crippen LogP contribution in [0.15, 0.2) is 24.5 Å². The van der Waals surface area contributed by atoms with E-state index in [4.69, 9.17) is 17.3 Å². The lowest BCUT2D eigenvalue weighted by atomic mass is 10.1. The minimum absolute atomic E-state index is 0.622. The molecule has 0 spiro atoms. The van der Waals surface area contributed by atoms with Gasteiger partial charge in [-0.05, 0) is 24.6 Å². The molecule has 6 heteroatoms. The number of aromatic nitrogens is 3. The van der Waals surface area contributed by atoms with Crippen LogP contribution in [-0.2, 0) is 19.5 Å². The van der Waals surface area contributed by atoms with Crippen molar-refractivity contribution in [1.82, 2.24) is 14.8 Å². The zero-order chi connectivity index (χ0) is 13.2. The topological polar surface area (TPSA) is 60.0 Å². The highest BCUT2D eigenvalue weighted by atomic mass is 35.5. The molecule has 0 radical (unpaired) electrons. The number of benzene rings is 1. The standard InChI is InChI=1S/C13H16ClN5/c14-11-3-1-2-10(4-5-15)13(11)18-6-7-19-9-16-17-12(19)8-18/h1-3,9H,4-8,15H2. The first-order valence-corrected chi connectivity index (χ1v) is 6.76. The lowest BCUT2D eigenvalue weighted by molar-refractivity contribution is 0.559. The maximum absolute atomic E-state index is 6.37. The third kappa shape index (κ3) is 2.31.